The summed E-state index contributed by atoms with van der Waals surface area (Å²) in [5, 5.41) is 4.41. The van der Waals surface area contributed by atoms with Crippen LogP contribution in [0.4, 0.5) is 5.00 Å². The number of rotatable bonds is 4. The quantitative estimate of drug-likeness (QED) is 0.574. The molecule has 2 heterocycles. The third kappa shape index (κ3) is 3.75. The van der Waals surface area contributed by atoms with Crippen molar-refractivity contribution in [3.63, 3.8) is 0 Å². The van der Waals surface area contributed by atoms with Crippen LogP contribution in [0.2, 0.25) is 0 Å². The number of carbonyl (C=O) groups is 2. The molecule has 0 fully saturated rings. The van der Waals surface area contributed by atoms with Gasteiger partial charge in [0, 0.05) is 16.3 Å². The zero-order valence-corrected chi connectivity index (χ0v) is 19.9. The van der Waals surface area contributed by atoms with E-state index in [4.69, 9.17) is 4.74 Å². The Morgan fingerprint density at radius 2 is 1.81 bits per heavy atom. The van der Waals surface area contributed by atoms with Crippen LogP contribution in [0.1, 0.15) is 63.3 Å². The maximum absolute atomic E-state index is 13.3. The summed E-state index contributed by atoms with van der Waals surface area (Å²) in [6.07, 6.45) is 3.79. The molecular formula is C25H28N2O4S. The Kier molecular flexibility index (Phi) is 5.95. The van der Waals surface area contributed by atoms with E-state index >= 15 is 0 Å². The average molecular weight is 453 g/mol. The Hall–Kier alpha value is -2.93. The van der Waals surface area contributed by atoms with Gasteiger partial charge in [-0.3, -0.25) is 14.2 Å². The minimum absolute atomic E-state index is 0.219. The van der Waals surface area contributed by atoms with E-state index in [0.717, 1.165) is 63.7 Å². The topological polar surface area (TPSA) is 77.4 Å². The molecule has 1 aliphatic carbocycles. The lowest BCUT2D eigenvalue weighted by molar-refractivity contribution is -0.118. The highest BCUT2D eigenvalue weighted by atomic mass is 32.1. The number of benzene rings is 1. The van der Waals surface area contributed by atoms with Crippen LogP contribution in [0.5, 0.6) is 0 Å². The summed E-state index contributed by atoms with van der Waals surface area (Å²) in [5.41, 5.74) is 4.93. The maximum atomic E-state index is 13.3. The lowest BCUT2D eigenvalue weighted by Crippen LogP contribution is -2.32. The number of ether oxygens (including phenoxy) is 1. The molecule has 1 aliphatic rings. The molecule has 0 saturated carbocycles. The number of esters is 1. The van der Waals surface area contributed by atoms with Gasteiger partial charge in [0.15, 0.2) is 0 Å². The molecule has 0 spiro atoms. The van der Waals surface area contributed by atoms with Gasteiger partial charge in [-0.2, -0.15) is 0 Å². The molecule has 0 radical (unpaired) electrons. The molecular weight excluding hydrogens is 424 g/mol. The lowest BCUT2D eigenvalue weighted by Gasteiger charge is -2.20. The molecule has 0 saturated heterocycles. The van der Waals surface area contributed by atoms with Crippen molar-refractivity contribution >= 4 is 39.1 Å². The van der Waals surface area contributed by atoms with Gasteiger partial charge in [-0.15, -0.1) is 11.3 Å². The molecule has 1 N–H and O–H groups in total. The second-order valence-corrected chi connectivity index (χ2v) is 9.69. The molecule has 0 bridgehead atoms. The Morgan fingerprint density at radius 3 is 2.53 bits per heavy atom. The number of aryl methyl sites for hydroxylation is 4. The standard InChI is InChI=1S/C25H28N2O4S/c1-13-10-15(3)22-18(11-13)14(2)12-20(28)27(22)16(4)23(29)26-24-21(25(30)31-5)17-8-6-7-9-19(17)32-24/h10-12,16H,6-9H2,1-5H3,(H,26,29). The van der Waals surface area contributed by atoms with Crippen LogP contribution in [0.15, 0.2) is 23.0 Å². The average Bonchev–Trinajstić information content (AvgIpc) is 3.11. The van der Waals surface area contributed by atoms with E-state index in [2.05, 4.69) is 5.32 Å². The van der Waals surface area contributed by atoms with Gasteiger partial charge in [-0.1, -0.05) is 11.6 Å². The van der Waals surface area contributed by atoms with E-state index in [1.54, 1.807) is 17.6 Å². The number of hydrogen-bond acceptors (Lipinski definition) is 5. The molecule has 7 heteroatoms. The van der Waals surface area contributed by atoms with E-state index in [1.807, 2.05) is 32.9 Å². The van der Waals surface area contributed by atoms with Gasteiger partial charge in [0.25, 0.3) is 5.56 Å². The first-order valence-electron chi connectivity index (χ1n) is 10.9. The molecule has 32 heavy (non-hydrogen) atoms. The number of pyridine rings is 1. The third-order valence-corrected chi connectivity index (χ3v) is 7.46. The monoisotopic (exact) mass is 452 g/mol. The predicted molar refractivity (Wildman–Crippen MR) is 128 cm³/mol. The first-order valence-corrected chi connectivity index (χ1v) is 11.7. The minimum atomic E-state index is -0.753. The van der Waals surface area contributed by atoms with Crippen LogP contribution in [0.3, 0.4) is 0 Å². The summed E-state index contributed by atoms with van der Waals surface area (Å²) in [4.78, 5) is 40.0. The number of amides is 1. The van der Waals surface area contributed by atoms with Crippen molar-refractivity contribution in [2.75, 3.05) is 12.4 Å². The van der Waals surface area contributed by atoms with Crippen LogP contribution in [-0.4, -0.2) is 23.6 Å². The number of anilines is 1. The van der Waals surface area contributed by atoms with Gasteiger partial charge in [0.1, 0.15) is 11.0 Å². The fourth-order valence-electron chi connectivity index (χ4n) is 4.71. The molecule has 1 aromatic carbocycles. The summed E-state index contributed by atoms with van der Waals surface area (Å²) in [7, 11) is 1.35. The molecule has 3 aromatic rings. The summed E-state index contributed by atoms with van der Waals surface area (Å²) in [5.74, 6) is -0.766. The van der Waals surface area contributed by atoms with E-state index in [1.165, 1.54) is 18.4 Å². The number of aromatic nitrogens is 1. The highest BCUT2D eigenvalue weighted by Crippen LogP contribution is 2.39. The zero-order valence-electron chi connectivity index (χ0n) is 19.1. The third-order valence-electron chi connectivity index (χ3n) is 6.25. The van der Waals surface area contributed by atoms with Gasteiger partial charge >= 0.3 is 5.97 Å². The lowest BCUT2D eigenvalue weighted by atomic mass is 9.95. The Balaban J connectivity index is 1.77. The summed E-state index contributed by atoms with van der Waals surface area (Å²) in [6.45, 7) is 7.61. The summed E-state index contributed by atoms with van der Waals surface area (Å²) >= 11 is 1.44. The van der Waals surface area contributed by atoms with Gasteiger partial charge in [0.2, 0.25) is 5.91 Å². The molecule has 6 nitrogen and oxygen atoms in total. The Morgan fingerprint density at radius 1 is 1.09 bits per heavy atom. The van der Waals surface area contributed by atoms with Crippen molar-refractivity contribution in [2.24, 2.45) is 0 Å². The first kappa shape index (κ1) is 22.3. The molecule has 1 amide bonds. The van der Waals surface area contributed by atoms with Crippen molar-refractivity contribution in [3.05, 3.63) is 61.2 Å². The van der Waals surface area contributed by atoms with Crippen LogP contribution in [0.25, 0.3) is 10.9 Å². The Bertz CT molecular complexity index is 1300. The van der Waals surface area contributed by atoms with E-state index < -0.39 is 12.0 Å². The summed E-state index contributed by atoms with van der Waals surface area (Å²) < 4.78 is 6.56. The van der Waals surface area contributed by atoms with Gasteiger partial charge in [-0.05, 0) is 76.1 Å². The van der Waals surface area contributed by atoms with Crippen LogP contribution >= 0.6 is 11.3 Å². The van der Waals surface area contributed by atoms with E-state index in [0.29, 0.717) is 10.6 Å². The highest BCUT2D eigenvalue weighted by molar-refractivity contribution is 7.17. The van der Waals surface area contributed by atoms with Crippen molar-refractivity contribution in [2.45, 2.75) is 59.4 Å². The molecule has 2 aromatic heterocycles. The normalized spacial score (nSPS) is 14.2. The molecule has 1 atom stereocenters. The van der Waals surface area contributed by atoms with E-state index in [-0.39, 0.29) is 11.5 Å². The highest BCUT2D eigenvalue weighted by Gasteiger charge is 2.29. The fourth-order valence-corrected chi connectivity index (χ4v) is 5.99. The van der Waals surface area contributed by atoms with E-state index in [9.17, 15) is 14.4 Å². The number of hydrogen-bond donors (Lipinski definition) is 1. The Labute approximate surface area is 191 Å². The van der Waals surface area contributed by atoms with Crippen LogP contribution in [0, 0.1) is 20.8 Å². The van der Waals surface area contributed by atoms with Crippen LogP contribution < -0.4 is 10.9 Å². The molecule has 4 rings (SSSR count). The zero-order chi connectivity index (χ0) is 23.2. The molecule has 1 unspecified atom stereocenters. The number of thiophene rings is 1. The van der Waals surface area contributed by atoms with Crippen molar-refractivity contribution in [3.8, 4) is 0 Å². The number of nitrogens with zero attached hydrogens (tertiary/aromatic N) is 1. The van der Waals surface area contributed by atoms with Gasteiger partial charge in [0.05, 0.1) is 18.2 Å². The fraction of sp³-hybridized carbons (Fsp3) is 0.400. The number of carbonyl (C=O) groups excluding carboxylic acids is 2. The van der Waals surface area contributed by atoms with Crippen molar-refractivity contribution in [1.82, 2.24) is 4.57 Å². The van der Waals surface area contributed by atoms with Gasteiger partial charge in [-0.25, -0.2) is 4.79 Å². The molecule has 168 valence electrons. The smallest absolute Gasteiger partial charge is 0.341 e. The minimum Gasteiger partial charge on any atom is -0.465 e. The first-order chi connectivity index (χ1) is 15.2. The number of nitrogens with one attached hydrogen (secondary N) is 1. The second-order valence-electron chi connectivity index (χ2n) is 8.59. The second kappa shape index (κ2) is 8.54. The van der Waals surface area contributed by atoms with Crippen LogP contribution in [-0.2, 0) is 22.4 Å². The number of methoxy groups -OCH3 is 1. The molecule has 0 aliphatic heterocycles. The van der Waals surface area contributed by atoms with Crippen molar-refractivity contribution < 1.29 is 14.3 Å². The SMILES string of the molecule is COC(=O)c1c(NC(=O)C(C)n2c(=O)cc(C)c3cc(C)cc(C)c32)sc2c1CCCC2. The van der Waals surface area contributed by atoms with Gasteiger partial charge < -0.3 is 10.1 Å². The summed E-state index contributed by atoms with van der Waals surface area (Å²) in [6, 6.07) is 4.89. The largest absolute Gasteiger partial charge is 0.465 e. The van der Waals surface area contributed by atoms with Crippen molar-refractivity contribution in [1.29, 1.82) is 0 Å². The predicted octanol–water partition coefficient (Wildman–Crippen LogP) is 4.85. The number of fused-ring (bicyclic) bond motifs is 2. The maximum Gasteiger partial charge on any atom is 0.341 e.